The Hall–Kier alpha value is -0.480. The van der Waals surface area contributed by atoms with Crippen LogP contribution in [0.25, 0.3) is 0 Å². The summed E-state index contributed by atoms with van der Waals surface area (Å²) >= 11 is 3.83. The first-order valence-corrected chi connectivity index (χ1v) is 7.56. The van der Waals surface area contributed by atoms with Gasteiger partial charge in [0.15, 0.2) is 0 Å². The molecule has 1 rings (SSSR count). The summed E-state index contributed by atoms with van der Waals surface area (Å²) in [5.41, 5.74) is 6.46. The second-order valence-electron chi connectivity index (χ2n) is 3.31. The van der Waals surface area contributed by atoms with E-state index in [0.29, 0.717) is 0 Å². The lowest BCUT2D eigenvalue weighted by Gasteiger charge is -2.08. The standard InChI is InChI=1S/C12H19NOS2/c1-3-15-7-4-8-16-12-6-5-10(13)9-11(12)14-2/h5-6,9H,3-4,7-8,13H2,1-2H3. The Balaban J connectivity index is 2.41. The maximum absolute atomic E-state index is 5.70. The third kappa shape index (κ3) is 4.58. The van der Waals surface area contributed by atoms with E-state index in [9.17, 15) is 0 Å². The van der Waals surface area contributed by atoms with E-state index in [0.717, 1.165) is 17.2 Å². The zero-order valence-electron chi connectivity index (χ0n) is 9.86. The molecule has 1 aromatic carbocycles. The molecule has 0 bridgehead atoms. The molecule has 0 fully saturated rings. The first-order valence-electron chi connectivity index (χ1n) is 5.42. The number of methoxy groups -OCH3 is 1. The van der Waals surface area contributed by atoms with Gasteiger partial charge >= 0.3 is 0 Å². The Morgan fingerprint density at radius 3 is 2.81 bits per heavy atom. The largest absolute Gasteiger partial charge is 0.496 e. The Labute approximate surface area is 106 Å². The molecule has 2 nitrogen and oxygen atoms in total. The van der Waals surface area contributed by atoms with Crippen LogP contribution in [0.3, 0.4) is 0 Å². The normalized spacial score (nSPS) is 10.4. The molecular formula is C12H19NOS2. The summed E-state index contributed by atoms with van der Waals surface area (Å²) in [6.07, 6.45) is 1.23. The lowest BCUT2D eigenvalue weighted by atomic mass is 10.3. The number of anilines is 1. The summed E-state index contributed by atoms with van der Waals surface area (Å²) in [4.78, 5) is 1.18. The Morgan fingerprint density at radius 2 is 2.12 bits per heavy atom. The molecule has 90 valence electrons. The quantitative estimate of drug-likeness (QED) is 0.460. The van der Waals surface area contributed by atoms with Crippen LogP contribution in [0, 0.1) is 0 Å². The van der Waals surface area contributed by atoms with Crippen LogP contribution in [-0.4, -0.2) is 24.4 Å². The molecule has 0 aliphatic heterocycles. The van der Waals surface area contributed by atoms with Crippen molar-refractivity contribution in [3.63, 3.8) is 0 Å². The second kappa shape index (κ2) is 7.74. The number of hydrogen-bond acceptors (Lipinski definition) is 4. The van der Waals surface area contributed by atoms with Gasteiger partial charge in [0.2, 0.25) is 0 Å². The van der Waals surface area contributed by atoms with Crippen molar-refractivity contribution in [2.75, 3.05) is 30.1 Å². The Morgan fingerprint density at radius 1 is 1.31 bits per heavy atom. The van der Waals surface area contributed by atoms with Crippen molar-refractivity contribution in [2.45, 2.75) is 18.2 Å². The summed E-state index contributed by atoms with van der Waals surface area (Å²) in [6, 6.07) is 5.83. The smallest absolute Gasteiger partial charge is 0.134 e. The number of rotatable bonds is 7. The molecule has 0 atom stereocenters. The van der Waals surface area contributed by atoms with E-state index < -0.39 is 0 Å². The average molecular weight is 257 g/mol. The molecule has 2 N–H and O–H groups in total. The molecule has 0 heterocycles. The monoisotopic (exact) mass is 257 g/mol. The van der Waals surface area contributed by atoms with Crippen LogP contribution in [0.15, 0.2) is 23.1 Å². The molecule has 0 aliphatic rings. The lowest BCUT2D eigenvalue weighted by Crippen LogP contribution is -1.91. The van der Waals surface area contributed by atoms with Crippen LogP contribution in [0.4, 0.5) is 5.69 Å². The first kappa shape index (κ1) is 13.6. The van der Waals surface area contributed by atoms with Gasteiger partial charge in [0.05, 0.1) is 7.11 Å². The van der Waals surface area contributed by atoms with Crippen molar-refractivity contribution in [2.24, 2.45) is 0 Å². The molecule has 4 heteroatoms. The molecule has 0 saturated carbocycles. The summed E-state index contributed by atoms with van der Waals surface area (Å²) in [5, 5.41) is 0. The summed E-state index contributed by atoms with van der Waals surface area (Å²) < 4.78 is 5.30. The lowest BCUT2D eigenvalue weighted by molar-refractivity contribution is 0.405. The van der Waals surface area contributed by atoms with Crippen molar-refractivity contribution in [3.8, 4) is 5.75 Å². The van der Waals surface area contributed by atoms with E-state index in [1.807, 2.05) is 41.7 Å². The molecule has 16 heavy (non-hydrogen) atoms. The molecule has 0 aromatic heterocycles. The van der Waals surface area contributed by atoms with E-state index >= 15 is 0 Å². The van der Waals surface area contributed by atoms with E-state index in [-0.39, 0.29) is 0 Å². The molecule has 0 unspecified atom stereocenters. The van der Waals surface area contributed by atoms with Crippen LogP contribution in [0.2, 0.25) is 0 Å². The van der Waals surface area contributed by atoms with Crippen molar-refractivity contribution < 1.29 is 4.74 Å². The van der Waals surface area contributed by atoms with Gasteiger partial charge in [0.25, 0.3) is 0 Å². The van der Waals surface area contributed by atoms with Gasteiger partial charge in [-0.25, -0.2) is 0 Å². The number of nitrogens with two attached hydrogens (primary N) is 1. The van der Waals surface area contributed by atoms with Gasteiger partial charge in [-0.1, -0.05) is 6.92 Å². The number of ether oxygens (including phenoxy) is 1. The average Bonchev–Trinajstić information content (AvgIpc) is 2.30. The van der Waals surface area contributed by atoms with Crippen LogP contribution < -0.4 is 10.5 Å². The fraction of sp³-hybridized carbons (Fsp3) is 0.500. The van der Waals surface area contributed by atoms with Crippen LogP contribution >= 0.6 is 23.5 Å². The maximum Gasteiger partial charge on any atom is 0.134 e. The predicted molar refractivity (Wildman–Crippen MR) is 75.7 cm³/mol. The van der Waals surface area contributed by atoms with Gasteiger partial charge in [-0.05, 0) is 35.8 Å². The maximum atomic E-state index is 5.70. The molecule has 0 aliphatic carbocycles. The van der Waals surface area contributed by atoms with Crippen molar-refractivity contribution in [3.05, 3.63) is 18.2 Å². The third-order valence-corrected chi connectivity index (χ3v) is 4.21. The highest BCUT2D eigenvalue weighted by Gasteiger charge is 2.03. The van der Waals surface area contributed by atoms with Crippen LogP contribution in [0.1, 0.15) is 13.3 Å². The Bertz CT molecular complexity index is 318. The zero-order chi connectivity index (χ0) is 11.8. The Kier molecular flexibility index (Phi) is 6.57. The second-order valence-corrected chi connectivity index (χ2v) is 5.84. The van der Waals surface area contributed by atoms with Crippen molar-refractivity contribution >= 4 is 29.2 Å². The van der Waals surface area contributed by atoms with Crippen molar-refractivity contribution in [1.29, 1.82) is 0 Å². The molecule has 0 amide bonds. The molecule has 0 saturated heterocycles. The highest BCUT2D eigenvalue weighted by Crippen LogP contribution is 2.31. The van der Waals surface area contributed by atoms with Crippen LogP contribution in [0.5, 0.6) is 5.75 Å². The third-order valence-electron chi connectivity index (χ3n) is 2.08. The van der Waals surface area contributed by atoms with E-state index in [1.165, 1.54) is 22.8 Å². The summed E-state index contributed by atoms with van der Waals surface area (Å²) in [7, 11) is 1.69. The van der Waals surface area contributed by atoms with Gasteiger partial charge in [0, 0.05) is 16.6 Å². The first-order chi connectivity index (χ1) is 7.77. The zero-order valence-corrected chi connectivity index (χ0v) is 11.5. The summed E-state index contributed by atoms with van der Waals surface area (Å²) in [6.45, 7) is 2.20. The molecule has 0 spiro atoms. The number of nitrogen functional groups attached to an aromatic ring is 1. The van der Waals surface area contributed by atoms with Crippen LogP contribution in [-0.2, 0) is 0 Å². The van der Waals surface area contributed by atoms with Gasteiger partial charge in [0.1, 0.15) is 5.75 Å². The minimum absolute atomic E-state index is 0.753. The predicted octanol–water partition coefficient (Wildman–Crippen LogP) is 3.51. The number of thioether (sulfide) groups is 2. The highest BCUT2D eigenvalue weighted by molar-refractivity contribution is 8.00. The van der Waals surface area contributed by atoms with E-state index in [4.69, 9.17) is 10.5 Å². The van der Waals surface area contributed by atoms with Gasteiger partial charge in [-0.3, -0.25) is 0 Å². The molecular weight excluding hydrogens is 238 g/mol. The molecule has 1 aromatic rings. The fourth-order valence-electron chi connectivity index (χ4n) is 1.29. The highest BCUT2D eigenvalue weighted by atomic mass is 32.2. The minimum atomic E-state index is 0.753. The van der Waals surface area contributed by atoms with Gasteiger partial charge in [-0.2, -0.15) is 11.8 Å². The van der Waals surface area contributed by atoms with E-state index in [2.05, 4.69) is 6.92 Å². The van der Waals surface area contributed by atoms with Gasteiger partial charge < -0.3 is 10.5 Å². The number of benzene rings is 1. The summed E-state index contributed by atoms with van der Waals surface area (Å²) in [5.74, 6) is 4.46. The number of hydrogen-bond donors (Lipinski definition) is 1. The van der Waals surface area contributed by atoms with E-state index in [1.54, 1.807) is 7.11 Å². The van der Waals surface area contributed by atoms with Crippen molar-refractivity contribution in [1.82, 2.24) is 0 Å². The fourth-order valence-corrected chi connectivity index (χ4v) is 3.07. The van der Waals surface area contributed by atoms with Gasteiger partial charge in [-0.15, -0.1) is 11.8 Å². The topological polar surface area (TPSA) is 35.2 Å². The minimum Gasteiger partial charge on any atom is -0.496 e. The SMILES string of the molecule is CCSCCCSc1ccc(N)cc1OC. The molecule has 0 radical (unpaired) electrons.